The summed E-state index contributed by atoms with van der Waals surface area (Å²) in [5, 5.41) is 21.2. The van der Waals surface area contributed by atoms with Crippen LogP contribution in [0.4, 0.5) is 4.79 Å². The fraction of sp³-hybridized carbons (Fsp3) is 0.750. The Morgan fingerprint density at radius 2 is 2.18 bits per heavy atom. The molecule has 2 atom stereocenters. The maximum Gasteiger partial charge on any atom is 0.408 e. The third kappa shape index (κ3) is 8.07. The molecule has 2 unspecified atom stereocenters. The minimum absolute atomic E-state index is 0.119. The Morgan fingerprint density at radius 3 is 2.75 bits per heavy atom. The van der Waals surface area contributed by atoms with Gasteiger partial charge in [-0.25, -0.2) is 19.9 Å². The summed E-state index contributed by atoms with van der Waals surface area (Å²) in [7, 11) is 0. The molecule has 0 spiro atoms. The molecule has 1 aliphatic rings. The largest absolute Gasteiger partial charge is 0.444 e. The fourth-order valence-corrected chi connectivity index (χ4v) is 2.70. The number of rotatable bonds is 7. The van der Waals surface area contributed by atoms with Crippen LogP contribution in [0.25, 0.3) is 0 Å². The number of hydrogen-bond acceptors (Lipinski definition) is 7. The Balaban J connectivity index is 2.75. The quantitative estimate of drug-likeness (QED) is 0.180. The van der Waals surface area contributed by atoms with Crippen molar-refractivity contribution in [2.24, 2.45) is 10.7 Å². The van der Waals surface area contributed by atoms with Crippen LogP contribution in [0, 0.1) is 21.4 Å². The normalized spacial score (nSPS) is 18.1. The number of hydrogen-bond donors (Lipinski definition) is 3. The highest BCUT2D eigenvalue weighted by atomic mass is 16.7. The summed E-state index contributed by atoms with van der Waals surface area (Å²) in [6.45, 7) is 5.68. The topological polar surface area (TPSA) is 176 Å². The third-order valence-electron chi connectivity index (χ3n) is 3.81. The number of carbonyl (C=O) groups excluding carboxylic acids is 2. The molecule has 4 N–H and O–H groups in total. The van der Waals surface area contributed by atoms with Crippen molar-refractivity contribution in [1.29, 1.82) is 5.26 Å². The Bertz CT molecular complexity index is 653. The van der Waals surface area contributed by atoms with Crippen LogP contribution < -0.4 is 16.5 Å². The summed E-state index contributed by atoms with van der Waals surface area (Å²) in [5.74, 6) is -0.715. The lowest BCUT2D eigenvalue weighted by Gasteiger charge is -2.27. The van der Waals surface area contributed by atoms with E-state index in [0.717, 1.165) is 6.42 Å². The van der Waals surface area contributed by atoms with Crippen molar-refractivity contribution >= 4 is 18.0 Å². The zero-order valence-corrected chi connectivity index (χ0v) is 16.3. The molecule has 0 aromatic carbocycles. The first kappa shape index (κ1) is 22.9. The molecule has 1 rings (SSSR count). The molecule has 12 heteroatoms. The molecule has 156 valence electrons. The Hall–Kier alpha value is -3.10. The average molecular weight is 397 g/mol. The van der Waals surface area contributed by atoms with Crippen LogP contribution in [0.3, 0.4) is 0 Å². The average Bonchev–Trinajstić information content (AvgIpc) is 3.03. The minimum Gasteiger partial charge on any atom is -0.444 e. The first-order valence-corrected chi connectivity index (χ1v) is 8.94. The minimum atomic E-state index is -0.899. The van der Waals surface area contributed by atoms with Gasteiger partial charge in [0, 0.05) is 13.1 Å². The van der Waals surface area contributed by atoms with Crippen molar-refractivity contribution in [3.63, 3.8) is 0 Å². The molecule has 0 saturated carbocycles. The summed E-state index contributed by atoms with van der Waals surface area (Å²) in [5.41, 5.74) is 6.32. The van der Waals surface area contributed by atoms with Gasteiger partial charge in [0.2, 0.25) is 5.91 Å². The van der Waals surface area contributed by atoms with Crippen molar-refractivity contribution in [3.05, 3.63) is 10.1 Å². The molecule has 0 bridgehead atoms. The number of nitrogens with two attached hydrogens (primary N) is 1. The number of likely N-dealkylation sites (tertiary alicyclic amines) is 1. The smallest absolute Gasteiger partial charge is 0.408 e. The number of amides is 2. The summed E-state index contributed by atoms with van der Waals surface area (Å²) in [6.07, 6.45) is 1.11. The molecular formula is C16H27N7O5. The molecule has 28 heavy (non-hydrogen) atoms. The summed E-state index contributed by atoms with van der Waals surface area (Å²) >= 11 is 0. The highest BCUT2D eigenvalue weighted by Crippen LogP contribution is 2.19. The number of alkyl carbamates (subject to hydrolysis) is 1. The number of carbonyl (C=O) groups is 2. The summed E-state index contributed by atoms with van der Waals surface area (Å²) in [4.78, 5) is 40.4. The van der Waals surface area contributed by atoms with Gasteiger partial charge in [0.1, 0.15) is 17.7 Å². The van der Waals surface area contributed by atoms with Crippen LogP contribution in [0.5, 0.6) is 0 Å². The molecular weight excluding hydrogens is 370 g/mol. The second-order valence-electron chi connectivity index (χ2n) is 7.30. The molecule has 0 aromatic rings. The lowest BCUT2D eigenvalue weighted by molar-refractivity contribution is -0.525. The zero-order valence-electron chi connectivity index (χ0n) is 16.3. The highest BCUT2D eigenvalue weighted by Gasteiger charge is 2.34. The molecule has 1 heterocycles. The number of nitrogens with one attached hydrogen (secondary N) is 2. The van der Waals surface area contributed by atoms with Crippen molar-refractivity contribution in [3.8, 4) is 6.07 Å². The third-order valence-corrected chi connectivity index (χ3v) is 3.81. The first-order chi connectivity index (χ1) is 13.0. The monoisotopic (exact) mass is 397 g/mol. The van der Waals surface area contributed by atoms with Crippen molar-refractivity contribution in [2.45, 2.75) is 64.1 Å². The van der Waals surface area contributed by atoms with Gasteiger partial charge in [0.05, 0.1) is 6.07 Å². The predicted octanol–water partition coefficient (Wildman–Crippen LogP) is 0.270. The van der Waals surface area contributed by atoms with Gasteiger partial charge in [-0.2, -0.15) is 5.26 Å². The number of nitrogens with zero attached hydrogens (tertiary/aromatic N) is 4. The molecule has 1 fully saturated rings. The van der Waals surface area contributed by atoms with Gasteiger partial charge in [0.15, 0.2) is 5.03 Å². The van der Waals surface area contributed by atoms with Crippen molar-refractivity contribution < 1.29 is 19.4 Å². The van der Waals surface area contributed by atoms with E-state index in [4.69, 9.17) is 10.5 Å². The van der Waals surface area contributed by atoms with Crippen LogP contribution in [-0.4, -0.2) is 58.7 Å². The Morgan fingerprint density at radius 1 is 1.50 bits per heavy atom. The SMILES string of the molecule is CC(C)(C)OC(=O)NC(CCCN=C(N)N[N+](=O)[O-])C(=O)N1CCCC1C#N. The van der Waals surface area contributed by atoms with E-state index in [2.05, 4.69) is 16.4 Å². The van der Waals surface area contributed by atoms with Gasteiger partial charge < -0.3 is 20.7 Å². The Labute approximate surface area is 163 Å². The van der Waals surface area contributed by atoms with Crippen LogP contribution >= 0.6 is 0 Å². The molecule has 0 aromatic heterocycles. The van der Waals surface area contributed by atoms with E-state index >= 15 is 0 Å². The highest BCUT2D eigenvalue weighted by molar-refractivity contribution is 5.86. The van der Waals surface area contributed by atoms with E-state index in [9.17, 15) is 25.0 Å². The number of hydrazine groups is 1. The van der Waals surface area contributed by atoms with Crippen LogP contribution in [0.1, 0.15) is 46.5 Å². The van der Waals surface area contributed by atoms with Gasteiger partial charge in [-0.1, -0.05) is 5.43 Å². The van der Waals surface area contributed by atoms with E-state index in [0.29, 0.717) is 19.4 Å². The second kappa shape index (κ2) is 10.3. The standard InChI is InChI=1S/C16H27N7O5/c1-16(2,3)28-15(25)20-12(7-4-8-19-14(18)21-23(26)27)13(24)22-9-5-6-11(22)10-17/h11-12H,4-9H2,1-3H3,(H,20,25)(H3,18,19,21). The molecule has 1 aliphatic heterocycles. The lowest BCUT2D eigenvalue weighted by Crippen LogP contribution is -2.50. The lowest BCUT2D eigenvalue weighted by atomic mass is 10.1. The van der Waals surface area contributed by atoms with Gasteiger partial charge in [0.25, 0.3) is 5.96 Å². The molecule has 1 saturated heterocycles. The molecule has 2 amide bonds. The first-order valence-electron chi connectivity index (χ1n) is 8.94. The van der Waals surface area contributed by atoms with Crippen LogP contribution in [0.15, 0.2) is 4.99 Å². The summed E-state index contributed by atoms with van der Waals surface area (Å²) in [6, 6.07) is 0.673. The van der Waals surface area contributed by atoms with E-state index in [1.54, 1.807) is 26.2 Å². The van der Waals surface area contributed by atoms with Gasteiger partial charge in [-0.3, -0.25) is 4.79 Å². The summed E-state index contributed by atoms with van der Waals surface area (Å²) < 4.78 is 5.20. The van der Waals surface area contributed by atoms with E-state index in [1.807, 2.05) is 0 Å². The zero-order chi connectivity index (χ0) is 21.3. The maximum absolute atomic E-state index is 12.8. The number of ether oxygens (including phenoxy) is 1. The predicted molar refractivity (Wildman–Crippen MR) is 99.4 cm³/mol. The fourth-order valence-electron chi connectivity index (χ4n) is 2.70. The van der Waals surface area contributed by atoms with Gasteiger partial charge >= 0.3 is 6.09 Å². The number of guanidine groups is 1. The number of nitriles is 1. The van der Waals surface area contributed by atoms with E-state index in [1.165, 1.54) is 4.90 Å². The van der Waals surface area contributed by atoms with Crippen molar-refractivity contribution in [1.82, 2.24) is 15.6 Å². The molecule has 12 nitrogen and oxygen atoms in total. The van der Waals surface area contributed by atoms with E-state index < -0.39 is 28.8 Å². The Kier molecular flexibility index (Phi) is 8.43. The molecule has 0 radical (unpaired) electrons. The van der Waals surface area contributed by atoms with Crippen molar-refractivity contribution in [2.75, 3.05) is 13.1 Å². The van der Waals surface area contributed by atoms with Crippen LogP contribution in [-0.2, 0) is 9.53 Å². The van der Waals surface area contributed by atoms with Crippen LogP contribution in [0.2, 0.25) is 0 Å². The van der Waals surface area contributed by atoms with Gasteiger partial charge in [-0.15, -0.1) is 0 Å². The number of nitro groups is 1. The maximum atomic E-state index is 12.8. The van der Waals surface area contributed by atoms with Gasteiger partial charge in [-0.05, 0) is 46.5 Å². The second-order valence-corrected chi connectivity index (χ2v) is 7.30. The molecule has 0 aliphatic carbocycles. The van der Waals surface area contributed by atoms with E-state index in [-0.39, 0.29) is 24.8 Å². The number of aliphatic imine (C=N–C) groups is 1.